The third-order valence-electron chi connectivity index (χ3n) is 3.98. The Hall–Kier alpha value is -3.66. The van der Waals surface area contributed by atoms with Crippen LogP contribution in [-0.2, 0) is 7.05 Å². The number of nitriles is 1. The van der Waals surface area contributed by atoms with E-state index in [1.54, 1.807) is 30.1 Å². The lowest BCUT2D eigenvalue weighted by Gasteiger charge is -2.14. The number of aromatic nitrogens is 3. The zero-order valence-electron chi connectivity index (χ0n) is 13.7. The molecule has 2 aromatic heterocycles. The summed E-state index contributed by atoms with van der Waals surface area (Å²) in [6, 6.07) is 8.43. The summed E-state index contributed by atoms with van der Waals surface area (Å²) in [5, 5.41) is 22.7. The van der Waals surface area contributed by atoms with Crippen LogP contribution >= 0.6 is 0 Å². The second-order valence-corrected chi connectivity index (χ2v) is 5.62. The van der Waals surface area contributed by atoms with Gasteiger partial charge in [-0.25, -0.2) is 9.78 Å². The first kappa shape index (κ1) is 16.2. The fourth-order valence-corrected chi connectivity index (χ4v) is 2.77. The smallest absolute Gasteiger partial charge is 0.335 e. The van der Waals surface area contributed by atoms with Gasteiger partial charge in [-0.05, 0) is 30.2 Å². The van der Waals surface area contributed by atoms with Gasteiger partial charge in [-0.2, -0.15) is 10.4 Å². The van der Waals surface area contributed by atoms with Crippen LogP contribution in [0.25, 0.3) is 22.4 Å². The molecule has 7 heteroatoms. The molecule has 0 radical (unpaired) electrons. The fraction of sp³-hybridized carbons (Fsp3) is 0.111. The predicted molar refractivity (Wildman–Crippen MR) is 92.7 cm³/mol. The molecule has 25 heavy (non-hydrogen) atoms. The van der Waals surface area contributed by atoms with Crippen LogP contribution < -0.4 is 5.73 Å². The molecule has 3 rings (SSSR count). The van der Waals surface area contributed by atoms with Crippen LogP contribution in [0.3, 0.4) is 0 Å². The van der Waals surface area contributed by atoms with Crippen LogP contribution in [0.15, 0.2) is 36.7 Å². The van der Waals surface area contributed by atoms with E-state index in [0.717, 1.165) is 11.1 Å². The van der Waals surface area contributed by atoms with Crippen LogP contribution in [-0.4, -0.2) is 25.8 Å². The molecule has 0 bridgehead atoms. The minimum absolute atomic E-state index is 0.129. The Morgan fingerprint density at radius 1 is 1.28 bits per heavy atom. The molecular weight excluding hydrogens is 318 g/mol. The molecule has 0 unspecified atom stereocenters. The highest BCUT2D eigenvalue weighted by atomic mass is 16.4. The second kappa shape index (κ2) is 6.09. The number of nitrogen functional groups attached to an aromatic ring is 1. The summed E-state index contributed by atoms with van der Waals surface area (Å²) in [6.45, 7) is 1.86. The average Bonchev–Trinajstić information content (AvgIpc) is 3.02. The molecule has 3 N–H and O–H groups in total. The van der Waals surface area contributed by atoms with E-state index in [4.69, 9.17) is 10.8 Å². The third kappa shape index (κ3) is 2.81. The zero-order valence-corrected chi connectivity index (χ0v) is 13.7. The van der Waals surface area contributed by atoms with E-state index in [1.165, 1.54) is 12.1 Å². The number of pyridine rings is 1. The van der Waals surface area contributed by atoms with E-state index in [9.17, 15) is 10.1 Å². The Bertz CT molecular complexity index is 1010. The summed E-state index contributed by atoms with van der Waals surface area (Å²) in [6.07, 6.45) is 3.50. The predicted octanol–water partition coefficient (Wildman–Crippen LogP) is 2.61. The van der Waals surface area contributed by atoms with E-state index in [1.807, 2.05) is 13.1 Å². The van der Waals surface area contributed by atoms with Gasteiger partial charge in [-0.15, -0.1) is 0 Å². The fourth-order valence-electron chi connectivity index (χ4n) is 2.77. The molecule has 7 nitrogen and oxygen atoms in total. The summed E-state index contributed by atoms with van der Waals surface area (Å²) < 4.78 is 1.66. The number of benzene rings is 1. The van der Waals surface area contributed by atoms with Gasteiger partial charge >= 0.3 is 5.97 Å². The molecule has 0 aliphatic carbocycles. The van der Waals surface area contributed by atoms with Crippen LogP contribution in [0.1, 0.15) is 21.5 Å². The number of aromatic carboxylic acids is 1. The number of aryl methyl sites for hydroxylation is 1. The number of rotatable bonds is 3. The molecule has 0 saturated carbocycles. The standard InChI is InChI=1S/C18H15N5O2/c1-10-15(11-3-5-12(6-4-11)18(24)25)14(7-19)17(20)22-16(10)13-8-21-23(2)9-13/h3-6,8-9H,1-2H3,(H2,20,22)(H,24,25). The highest BCUT2D eigenvalue weighted by Crippen LogP contribution is 2.35. The van der Waals surface area contributed by atoms with Gasteiger partial charge < -0.3 is 10.8 Å². The largest absolute Gasteiger partial charge is 0.478 e. The van der Waals surface area contributed by atoms with E-state index in [-0.39, 0.29) is 16.9 Å². The summed E-state index contributed by atoms with van der Waals surface area (Å²) in [5.74, 6) is -0.877. The van der Waals surface area contributed by atoms with Crippen LogP contribution in [0, 0.1) is 18.3 Å². The lowest BCUT2D eigenvalue weighted by molar-refractivity contribution is 0.0697. The van der Waals surface area contributed by atoms with Gasteiger partial charge in [-0.1, -0.05) is 12.1 Å². The molecule has 0 aliphatic rings. The molecule has 3 aromatic rings. The monoisotopic (exact) mass is 333 g/mol. The molecule has 1 aromatic carbocycles. The third-order valence-corrected chi connectivity index (χ3v) is 3.98. The van der Waals surface area contributed by atoms with Crippen molar-refractivity contribution in [1.82, 2.24) is 14.8 Å². The number of carboxylic acids is 1. The summed E-state index contributed by atoms with van der Waals surface area (Å²) >= 11 is 0. The first-order chi connectivity index (χ1) is 11.9. The van der Waals surface area contributed by atoms with Crippen molar-refractivity contribution in [3.63, 3.8) is 0 Å². The Morgan fingerprint density at radius 2 is 1.96 bits per heavy atom. The molecule has 0 spiro atoms. The Kier molecular flexibility index (Phi) is 3.95. The van der Waals surface area contributed by atoms with Crippen molar-refractivity contribution < 1.29 is 9.90 Å². The van der Waals surface area contributed by atoms with Crippen molar-refractivity contribution in [3.05, 3.63) is 53.3 Å². The number of carboxylic acid groups (broad SMARTS) is 1. The number of carbonyl (C=O) groups is 1. The van der Waals surface area contributed by atoms with E-state index >= 15 is 0 Å². The number of hydrogen-bond donors (Lipinski definition) is 2. The van der Waals surface area contributed by atoms with Crippen molar-refractivity contribution in [1.29, 1.82) is 5.26 Å². The summed E-state index contributed by atoms with van der Waals surface area (Å²) in [4.78, 5) is 15.4. The second-order valence-electron chi connectivity index (χ2n) is 5.62. The number of nitrogens with two attached hydrogens (primary N) is 1. The molecule has 0 amide bonds. The Morgan fingerprint density at radius 3 is 2.48 bits per heavy atom. The molecule has 0 saturated heterocycles. The van der Waals surface area contributed by atoms with Gasteiger partial charge in [0.15, 0.2) is 0 Å². The highest BCUT2D eigenvalue weighted by molar-refractivity contribution is 5.89. The number of anilines is 1. The molecule has 0 atom stereocenters. The van der Waals surface area contributed by atoms with Gasteiger partial charge in [0.2, 0.25) is 0 Å². The molecule has 0 fully saturated rings. The van der Waals surface area contributed by atoms with Gasteiger partial charge in [-0.3, -0.25) is 4.68 Å². The quantitative estimate of drug-likeness (QED) is 0.760. The summed E-state index contributed by atoms with van der Waals surface area (Å²) in [7, 11) is 1.80. The van der Waals surface area contributed by atoms with E-state index in [0.29, 0.717) is 16.8 Å². The highest BCUT2D eigenvalue weighted by Gasteiger charge is 2.19. The zero-order chi connectivity index (χ0) is 18.1. The van der Waals surface area contributed by atoms with E-state index in [2.05, 4.69) is 16.2 Å². The van der Waals surface area contributed by atoms with Crippen molar-refractivity contribution in [2.45, 2.75) is 6.92 Å². The van der Waals surface area contributed by atoms with Gasteiger partial charge in [0.05, 0.1) is 17.5 Å². The average molecular weight is 333 g/mol. The van der Waals surface area contributed by atoms with Crippen LogP contribution in [0.4, 0.5) is 5.82 Å². The maximum Gasteiger partial charge on any atom is 0.335 e. The molecular formula is C18H15N5O2. The van der Waals surface area contributed by atoms with E-state index < -0.39 is 5.97 Å². The minimum Gasteiger partial charge on any atom is -0.478 e. The Balaban J connectivity index is 2.26. The van der Waals surface area contributed by atoms with Crippen molar-refractivity contribution in [2.75, 3.05) is 5.73 Å². The van der Waals surface area contributed by atoms with Gasteiger partial charge in [0, 0.05) is 24.4 Å². The van der Waals surface area contributed by atoms with Crippen molar-refractivity contribution in [2.24, 2.45) is 7.05 Å². The molecule has 124 valence electrons. The van der Waals surface area contributed by atoms with Gasteiger partial charge in [0.25, 0.3) is 0 Å². The maximum absolute atomic E-state index is 11.0. The van der Waals surface area contributed by atoms with Crippen molar-refractivity contribution in [3.8, 4) is 28.5 Å². The SMILES string of the molecule is Cc1c(-c2cnn(C)c2)nc(N)c(C#N)c1-c1ccc(C(=O)O)cc1. The van der Waals surface area contributed by atoms with Crippen molar-refractivity contribution >= 4 is 11.8 Å². The number of hydrogen-bond acceptors (Lipinski definition) is 5. The normalized spacial score (nSPS) is 10.4. The Labute approximate surface area is 144 Å². The van der Waals surface area contributed by atoms with Crippen LogP contribution in [0.5, 0.6) is 0 Å². The number of nitrogens with zero attached hydrogens (tertiary/aromatic N) is 4. The lowest BCUT2D eigenvalue weighted by atomic mass is 9.93. The topological polar surface area (TPSA) is 118 Å². The summed E-state index contributed by atoms with van der Waals surface area (Å²) in [5.41, 5.74) is 10.0. The molecule has 0 aliphatic heterocycles. The maximum atomic E-state index is 11.0. The first-order valence-electron chi connectivity index (χ1n) is 7.45. The lowest BCUT2D eigenvalue weighted by Crippen LogP contribution is -2.03. The van der Waals surface area contributed by atoms with Gasteiger partial charge in [0.1, 0.15) is 17.5 Å². The minimum atomic E-state index is -1.01. The first-order valence-corrected chi connectivity index (χ1v) is 7.45. The van der Waals surface area contributed by atoms with Crippen LogP contribution in [0.2, 0.25) is 0 Å². The molecule has 2 heterocycles.